The molecule has 0 N–H and O–H groups in total. The Morgan fingerprint density at radius 3 is 2.81 bits per heavy atom. The molecule has 16 heavy (non-hydrogen) atoms. The smallest absolute Gasteiger partial charge is 0.395 e. The van der Waals surface area contributed by atoms with Gasteiger partial charge < -0.3 is 8.94 Å². The number of furan rings is 1. The highest BCUT2D eigenvalue weighted by Gasteiger charge is 2.19. The zero-order valence-electron chi connectivity index (χ0n) is 8.08. The zero-order chi connectivity index (χ0) is 11.7. The monoisotopic (exact) mass is 243 g/mol. The number of nitrogens with zero attached hydrogens (tertiary/aromatic N) is 3. The Bertz CT molecular complexity index is 519. The summed E-state index contributed by atoms with van der Waals surface area (Å²) in [4.78, 5) is 13.7. The van der Waals surface area contributed by atoms with Crippen LogP contribution in [0.15, 0.2) is 21.1 Å². The lowest BCUT2D eigenvalue weighted by Gasteiger charge is -1.89. The fourth-order valence-electron chi connectivity index (χ4n) is 1.04. The first-order valence-electron chi connectivity index (χ1n) is 4.30. The van der Waals surface area contributed by atoms with Crippen LogP contribution in [0.1, 0.15) is 18.1 Å². The van der Waals surface area contributed by atoms with E-state index in [4.69, 9.17) is 20.5 Å². The molecule has 8 heteroatoms. The van der Waals surface area contributed by atoms with Crippen LogP contribution in [0.4, 0.5) is 5.88 Å². The van der Waals surface area contributed by atoms with Crippen LogP contribution in [0.2, 0.25) is 0 Å². The third kappa shape index (κ3) is 1.89. The Labute approximate surface area is 94.2 Å². The van der Waals surface area contributed by atoms with Gasteiger partial charge in [-0.05, 0) is 13.0 Å². The minimum atomic E-state index is -0.648. The van der Waals surface area contributed by atoms with Gasteiger partial charge in [0.2, 0.25) is 0 Å². The minimum absolute atomic E-state index is 0.0654. The Balaban J connectivity index is 2.31. The molecule has 0 aromatic carbocycles. The number of aromatic nitrogens is 2. The predicted molar refractivity (Wildman–Crippen MR) is 52.9 cm³/mol. The lowest BCUT2D eigenvalue weighted by Crippen LogP contribution is -1.86. The first kappa shape index (κ1) is 10.6. The molecule has 1 unspecified atom stereocenters. The van der Waals surface area contributed by atoms with Crippen molar-refractivity contribution < 1.29 is 13.9 Å². The quantitative estimate of drug-likeness (QED) is 0.467. The molecule has 2 aromatic heterocycles. The standard InChI is InChI=1S/C8H6ClN3O4/c1-4(9)7-10-8(16-11-7)5-2-3-6(15-5)12(13)14/h2-4H,1H3. The molecule has 0 aliphatic rings. The highest BCUT2D eigenvalue weighted by Crippen LogP contribution is 2.26. The maximum absolute atomic E-state index is 10.4. The molecule has 0 fully saturated rings. The molecule has 2 aromatic rings. The Kier molecular flexibility index (Phi) is 2.61. The van der Waals surface area contributed by atoms with Gasteiger partial charge in [-0.25, -0.2) is 0 Å². The van der Waals surface area contributed by atoms with Crippen LogP contribution < -0.4 is 0 Å². The Hall–Kier alpha value is -1.89. The third-order valence-electron chi connectivity index (χ3n) is 1.78. The second kappa shape index (κ2) is 3.93. The SMILES string of the molecule is CC(Cl)c1noc(-c2ccc([N+](=O)[O-])o2)n1. The summed E-state index contributed by atoms with van der Waals surface area (Å²) < 4.78 is 9.73. The highest BCUT2D eigenvalue weighted by molar-refractivity contribution is 6.20. The van der Waals surface area contributed by atoms with Crippen molar-refractivity contribution in [2.24, 2.45) is 0 Å². The minimum Gasteiger partial charge on any atom is -0.395 e. The molecule has 0 saturated heterocycles. The van der Waals surface area contributed by atoms with Crippen molar-refractivity contribution in [2.45, 2.75) is 12.3 Å². The summed E-state index contributed by atoms with van der Waals surface area (Å²) in [7, 11) is 0. The van der Waals surface area contributed by atoms with Gasteiger partial charge >= 0.3 is 5.88 Å². The van der Waals surface area contributed by atoms with Crippen molar-refractivity contribution in [2.75, 3.05) is 0 Å². The molecule has 0 amide bonds. The van der Waals surface area contributed by atoms with Gasteiger partial charge in [0.15, 0.2) is 11.6 Å². The van der Waals surface area contributed by atoms with Crippen LogP contribution in [0.3, 0.4) is 0 Å². The Morgan fingerprint density at radius 2 is 2.31 bits per heavy atom. The highest BCUT2D eigenvalue weighted by atomic mass is 35.5. The van der Waals surface area contributed by atoms with Crippen LogP contribution >= 0.6 is 11.6 Å². The number of halogens is 1. The molecule has 0 bridgehead atoms. The van der Waals surface area contributed by atoms with Crippen LogP contribution in [-0.2, 0) is 0 Å². The van der Waals surface area contributed by atoms with Gasteiger partial charge in [-0.3, -0.25) is 10.1 Å². The predicted octanol–water partition coefficient (Wildman–Crippen LogP) is 2.54. The largest absolute Gasteiger partial charge is 0.433 e. The van der Waals surface area contributed by atoms with E-state index in [9.17, 15) is 10.1 Å². The Morgan fingerprint density at radius 1 is 1.56 bits per heavy atom. The maximum atomic E-state index is 10.4. The third-order valence-corrected chi connectivity index (χ3v) is 1.98. The first-order chi connectivity index (χ1) is 7.58. The summed E-state index contributed by atoms with van der Waals surface area (Å²) in [6.45, 7) is 1.68. The molecule has 84 valence electrons. The van der Waals surface area contributed by atoms with Gasteiger partial charge in [0.25, 0.3) is 5.89 Å². The van der Waals surface area contributed by atoms with E-state index < -0.39 is 10.3 Å². The maximum Gasteiger partial charge on any atom is 0.433 e. The summed E-state index contributed by atoms with van der Waals surface area (Å²) in [5.41, 5.74) is 0. The van der Waals surface area contributed by atoms with E-state index in [2.05, 4.69) is 10.1 Å². The van der Waals surface area contributed by atoms with E-state index in [1.165, 1.54) is 12.1 Å². The van der Waals surface area contributed by atoms with Crippen molar-refractivity contribution in [1.29, 1.82) is 0 Å². The molecular weight excluding hydrogens is 238 g/mol. The molecule has 7 nitrogen and oxygen atoms in total. The van der Waals surface area contributed by atoms with Gasteiger partial charge in [0, 0.05) is 0 Å². The average molecular weight is 244 g/mol. The summed E-state index contributed by atoms with van der Waals surface area (Å²) in [5.74, 6) is 0.128. The van der Waals surface area contributed by atoms with Crippen LogP contribution in [0, 0.1) is 10.1 Å². The zero-order valence-corrected chi connectivity index (χ0v) is 8.84. The van der Waals surface area contributed by atoms with Gasteiger partial charge in [-0.2, -0.15) is 4.98 Å². The van der Waals surface area contributed by atoms with E-state index in [0.29, 0.717) is 5.82 Å². The first-order valence-corrected chi connectivity index (χ1v) is 4.74. The van der Waals surface area contributed by atoms with Crippen LogP contribution in [0.25, 0.3) is 11.7 Å². The molecule has 0 spiro atoms. The fraction of sp³-hybridized carbons (Fsp3) is 0.250. The number of nitro groups is 1. The van der Waals surface area contributed by atoms with E-state index in [1.807, 2.05) is 0 Å². The second-order valence-corrected chi connectivity index (χ2v) is 3.62. The number of hydrogen-bond donors (Lipinski definition) is 0. The van der Waals surface area contributed by atoms with Gasteiger partial charge in [0.1, 0.15) is 4.92 Å². The molecule has 2 heterocycles. The van der Waals surface area contributed by atoms with Crippen LogP contribution in [0.5, 0.6) is 0 Å². The van der Waals surface area contributed by atoms with Crippen LogP contribution in [-0.4, -0.2) is 15.1 Å². The topological polar surface area (TPSA) is 95.2 Å². The number of hydrogen-bond acceptors (Lipinski definition) is 6. The molecule has 0 radical (unpaired) electrons. The average Bonchev–Trinajstić information content (AvgIpc) is 2.86. The van der Waals surface area contributed by atoms with Crippen molar-refractivity contribution in [3.63, 3.8) is 0 Å². The molecule has 0 aliphatic heterocycles. The molecular formula is C8H6ClN3O4. The summed E-state index contributed by atoms with van der Waals surface area (Å²) in [6.07, 6.45) is 0. The van der Waals surface area contributed by atoms with Crippen molar-refractivity contribution in [1.82, 2.24) is 10.1 Å². The summed E-state index contributed by atoms with van der Waals surface area (Å²) in [6, 6.07) is 2.59. The van der Waals surface area contributed by atoms with Crippen molar-refractivity contribution in [3.8, 4) is 11.7 Å². The van der Waals surface area contributed by atoms with E-state index in [1.54, 1.807) is 6.92 Å². The number of rotatable bonds is 3. The van der Waals surface area contributed by atoms with E-state index in [-0.39, 0.29) is 17.5 Å². The van der Waals surface area contributed by atoms with Crippen molar-refractivity contribution in [3.05, 3.63) is 28.1 Å². The van der Waals surface area contributed by atoms with Gasteiger partial charge in [0.05, 0.1) is 11.4 Å². The summed E-state index contributed by atoms with van der Waals surface area (Å²) in [5, 5.41) is 13.6. The molecule has 0 saturated carbocycles. The van der Waals surface area contributed by atoms with Crippen molar-refractivity contribution >= 4 is 17.5 Å². The fourth-order valence-corrected chi connectivity index (χ4v) is 1.13. The molecule has 0 aliphatic carbocycles. The van der Waals surface area contributed by atoms with Gasteiger partial charge in [-0.1, -0.05) is 5.16 Å². The normalized spacial score (nSPS) is 12.6. The molecule has 2 rings (SSSR count). The summed E-state index contributed by atoms with van der Waals surface area (Å²) >= 11 is 5.74. The second-order valence-electron chi connectivity index (χ2n) is 2.97. The van der Waals surface area contributed by atoms with Gasteiger partial charge in [-0.15, -0.1) is 11.6 Å². The lowest BCUT2D eigenvalue weighted by atomic mass is 10.4. The number of alkyl halides is 1. The van der Waals surface area contributed by atoms with E-state index in [0.717, 1.165) is 0 Å². The van der Waals surface area contributed by atoms with E-state index >= 15 is 0 Å². The molecule has 1 atom stereocenters. The lowest BCUT2D eigenvalue weighted by molar-refractivity contribution is -0.401.